The van der Waals surface area contributed by atoms with Crippen LogP contribution in [0.15, 0.2) is 73.1 Å². The Hall–Kier alpha value is -3.27. The Morgan fingerprint density at radius 3 is 2.67 bits per heavy atom. The van der Waals surface area contributed by atoms with Gasteiger partial charge in [-0.15, -0.1) is 0 Å². The molecule has 0 N–H and O–H groups in total. The lowest BCUT2D eigenvalue weighted by molar-refractivity contribution is 0.657. The summed E-state index contributed by atoms with van der Waals surface area (Å²) in [6.45, 7) is 0. The molecule has 0 saturated carbocycles. The van der Waals surface area contributed by atoms with Gasteiger partial charge in [0, 0.05) is 30.4 Å². The summed E-state index contributed by atoms with van der Waals surface area (Å²) in [4.78, 5) is 16.3. The lowest BCUT2D eigenvalue weighted by Crippen LogP contribution is -2.24. The third-order valence-corrected chi connectivity index (χ3v) is 5.41. The van der Waals surface area contributed by atoms with Crippen molar-refractivity contribution in [2.75, 3.05) is 11.9 Å². The summed E-state index contributed by atoms with van der Waals surface area (Å²) in [5.74, 6) is 1.69. The summed E-state index contributed by atoms with van der Waals surface area (Å²) in [7, 11) is 2.15. The maximum absolute atomic E-state index is 4.96. The van der Waals surface area contributed by atoms with Gasteiger partial charge in [-0.1, -0.05) is 36.4 Å². The maximum atomic E-state index is 4.96. The number of anilines is 1. The van der Waals surface area contributed by atoms with E-state index in [4.69, 9.17) is 9.97 Å². The quantitative estimate of drug-likeness (QED) is 0.530. The second kappa shape index (κ2) is 6.47. The number of fused-ring (bicyclic) bond motifs is 2. The SMILES string of the molecule is CN(c1nc(-c2cccnc2)nc2ccccc12)C1CCc2ccccc21. The zero-order valence-electron chi connectivity index (χ0n) is 15.2. The summed E-state index contributed by atoms with van der Waals surface area (Å²) in [5, 5.41) is 1.08. The summed E-state index contributed by atoms with van der Waals surface area (Å²) in [5.41, 5.74) is 4.75. The molecule has 2 aromatic heterocycles. The van der Waals surface area contributed by atoms with Gasteiger partial charge in [0.15, 0.2) is 5.82 Å². The second-order valence-corrected chi connectivity index (χ2v) is 6.99. The monoisotopic (exact) mass is 352 g/mol. The minimum Gasteiger partial charge on any atom is -0.352 e. The van der Waals surface area contributed by atoms with E-state index < -0.39 is 0 Å². The highest BCUT2D eigenvalue weighted by Crippen LogP contribution is 2.39. The van der Waals surface area contributed by atoms with E-state index >= 15 is 0 Å². The van der Waals surface area contributed by atoms with Crippen molar-refractivity contribution >= 4 is 16.7 Å². The Balaban J connectivity index is 1.66. The Kier molecular flexibility index (Phi) is 3.82. The van der Waals surface area contributed by atoms with Gasteiger partial charge in [-0.05, 0) is 48.2 Å². The molecule has 1 atom stereocenters. The predicted octanol–water partition coefficient (Wildman–Crippen LogP) is 4.82. The van der Waals surface area contributed by atoms with Crippen LogP contribution in [0.1, 0.15) is 23.6 Å². The molecular weight excluding hydrogens is 332 g/mol. The van der Waals surface area contributed by atoms with Crippen molar-refractivity contribution in [1.29, 1.82) is 0 Å². The molecule has 2 aromatic carbocycles. The Labute approximate surface area is 158 Å². The fourth-order valence-electron chi connectivity index (χ4n) is 4.04. The maximum Gasteiger partial charge on any atom is 0.163 e. The molecule has 4 heteroatoms. The lowest BCUT2D eigenvalue weighted by atomic mass is 10.1. The number of aromatic nitrogens is 3. The Morgan fingerprint density at radius 1 is 0.926 bits per heavy atom. The van der Waals surface area contributed by atoms with Crippen molar-refractivity contribution in [3.05, 3.63) is 84.2 Å². The van der Waals surface area contributed by atoms with Gasteiger partial charge < -0.3 is 4.90 Å². The van der Waals surface area contributed by atoms with Gasteiger partial charge in [0.25, 0.3) is 0 Å². The first kappa shape index (κ1) is 15.9. The molecule has 2 heterocycles. The summed E-state index contributed by atoms with van der Waals surface area (Å²) >= 11 is 0. The first-order valence-corrected chi connectivity index (χ1v) is 9.29. The zero-order chi connectivity index (χ0) is 18.2. The fourth-order valence-corrected chi connectivity index (χ4v) is 4.04. The molecule has 0 fully saturated rings. The lowest BCUT2D eigenvalue weighted by Gasteiger charge is -2.28. The van der Waals surface area contributed by atoms with E-state index in [0.717, 1.165) is 41.0 Å². The number of benzene rings is 2. The van der Waals surface area contributed by atoms with E-state index in [1.807, 2.05) is 24.4 Å². The Morgan fingerprint density at radius 2 is 1.78 bits per heavy atom. The van der Waals surface area contributed by atoms with Gasteiger partial charge in [0.2, 0.25) is 0 Å². The molecule has 0 amide bonds. The minimum absolute atomic E-state index is 0.334. The molecule has 132 valence electrons. The molecule has 1 aliphatic rings. The third-order valence-electron chi connectivity index (χ3n) is 5.41. The molecule has 1 aliphatic carbocycles. The number of rotatable bonds is 3. The fraction of sp³-hybridized carbons (Fsp3) is 0.174. The predicted molar refractivity (Wildman–Crippen MR) is 109 cm³/mol. The number of hydrogen-bond acceptors (Lipinski definition) is 4. The third kappa shape index (κ3) is 2.74. The molecule has 4 aromatic rings. The number of nitrogens with zero attached hydrogens (tertiary/aromatic N) is 4. The first-order chi connectivity index (χ1) is 13.3. The van der Waals surface area contributed by atoms with Crippen LogP contribution in [0, 0.1) is 0 Å². The summed E-state index contributed by atoms with van der Waals surface area (Å²) < 4.78 is 0. The minimum atomic E-state index is 0.334. The van der Waals surface area contributed by atoms with Crippen molar-refractivity contribution in [2.24, 2.45) is 0 Å². The standard InChI is InChI=1S/C23H20N4/c1-27(21-13-12-16-7-2-3-9-18(16)21)23-19-10-4-5-11-20(19)25-22(26-23)17-8-6-14-24-15-17/h2-11,14-15,21H,12-13H2,1H3. The van der Waals surface area contributed by atoms with Gasteiger partial charge in [-0.3, -0.25) is 4.98 Å². The van der Waals surface area contributed by atoms with Gasteiger partial charge in [0.05, 0.1) is 11.6 Å². The van der Waals surface area contributed by atoms with Crippen LogP contribution in [0.4, 0.5) is 5.82 Å². The van der Waals surface area contributed by atoms with Crippen molar-refractivity contribution in [2.45, 2.75) is 18.9 Å². The zero-order valence-corrected chi connectivity index (χ0v) is 15.2. The van der Waals surface area contributed by atoms with E-state index in [1.54, 1.807) is 6.20 Å². The van der Waals surface area contributed by atoms with Crippen molar-refractivity contribution in [1.82, 2.24) is 15.0 Å². The van der Waals surface area contributed by atoms with Crippen molar-refractivity contribution in [3.8, 4) is 11.4 Å². The second-order valence-electron chi connectivity index (χ2n) is 6.99. The van der Waals surface area contributed by atoms with Crippen LogP contribution in [0.25, 0.3) is 22.3 Å². The highest BCUT2D eigenvalue weighted by atomic mass is 15.2. The molecule has 4 nitrogen and oxygen atoms in total. The van der Waals surface area contributed by atoms with E-state index in [2.05, 4.69) is 59.4 Å². The van der Waals surface area contributed by atoms with Crippen LogP contribution in [-0.2, 0) is 6.42 Å². The molecule has 5 rings (SSSR count). The van der Waals surface area contributed by atoms with Crippen molar-refractivity contribution in [3.63, 3.8) is 0 Å². The molecule has 0 bridgehead atoms. The molecular formula is C23H20N4. The first-order valence-electron chi connectivity index (χ1n) is 9.29. The molecule has 1 unspecified atom stereocenters. The molecule has 0 saturated heterocycles. The number of para-hydroxylation sites is 1. The average molecular weight is 352 g/mol. The van der Waals surface area contributed by atoms with Gasteiger partial charge in [-0.25, -0.2) is 9.97 Å². The van der Waals surface area contributed by atoms with Crippen LogP contribution in [-0.4, -0.2) is 22.0 Å². The van der Waals surface area contributed by atoms with Crippen LogP contribution in [0.3, 0.4) is 0 Å². The average Bonchev–Trinajstić information content (AvgIpc) is 3.17. The van der Waals surface area contributed by atoms with Crippen molar-refractivity contribution < 1.29 is 0 Å². The molecule has 27 heavy (non-hydrogen) atoms. The van der Waals surface area contributed by atoms with Crippen LogP contribution in [0.5, 0.6) is 0 Å². The number of aryl methyl sites for hydroxylation is 1. The smallest absolute Gasteiger partial charge is 0.163 e. The van der Waals surface area contributed by atoms with Gasteiger partial charge in [0.1, 0.15) is 5.82 Å². The van der Waals surface area contributed by atoms with Gasteiger partial charge >= 0.3 is 0 Å². The molecule has 0 radical (unpaired) electrons. The van der Waals surface area contributed by atoms with E-state index in [9.17, 15) is 0 Å². The normalized spacial score (nSPS) is 15.7. The number of hydrogen-bond donors (Lipinski definition) is 0. The largest absolute Gasteiger partial charge is 0.352 e. The number of pyridine rings is 1. The van der Waals surface area contributed by atoms with E-state index in [-0.39, 0.29) is 0 Å². The highest BCUT2D eigenvalue weighted by molar-refractivity contribution is 5.91. The summed E-state index contributed by atoms with van der Waals surface area (Å²) in [6, 6.07) is 21.2. The van der Waals surface area contributed by atoms with Crippen LogP contribution in [0.2, 0.25) is 0 Å². The molecule has 0 spiro atoms. The van der Waals surface area contributed by atoms with E-state index in [0.29, 0.717) is 6.04 Å². The summed E-state index contributed by atoms with van der Waals surface area (Å²) in [6.07, 6.45) is 5.81. The topological polar surface area (TPSA) is 41.9 Å². The van der Waals surface area contributed by atoms with E-state index in [1.165, 1.54) is 11.1 Å². The molecule has 0 aliphatic heterocycles. The van der Waals surface area contributed by atoms with Crippen LogP contribution < -0.4 is 4.90 Å². The highest BCUT2D eigenvalue weighted by Gasteiger charge is 2.27. The van der Waals surface area contributed by atoms with Crippen LogP contribution >= 0.6 is 0 Å². The van der Waals surface area contributed by atoms with Gasteiger partial charge in [-0.2, -0.15) is 0 Å². The Bertz CT molecular complexity index is 1110.